The summed E-state index contributed by atoms with van der Waals surface area (Å²) in [5.41, 5.74) is 0. The third-order valence-corrected chi connectivity index (χ3v) is 4.42. The fraction of sp³-hybridized carbons (Fsp3) is 0.615. The SMILES string of the molecule is Cc1cc(OC(F)F)c(C(=O)NC2CNCCC2C)s1.Cl. The van der Waals surface area contributed by atoms with Crippen molar-refractivity contribution in [3.8, 4) is 5.75 Å². The molecular weight excluding hydrogens is 322 g/mol. The zero-order valence-electron chi connectivity index (χ0n) is 11.8. The number of rotatable bonds is 4. The van der Waals surface area contributed by atoms with Gasteiger partial charge in [0.2, 0.25) is 0 Å². The van der Waals surface area contributed by atoms with Crippen molar-refractivity contribution in [2.75, 3.05) is 13.1 Å². The van der Waals surface area contributed by atoms with Gasteiger partial charge in [-0.2, -0.15) is 8.78 Å². The first-order valence-corrected chi connectivity index (χ1v) is 7.36. The third kappa shape index (κ3) is 4.79. The Kier molecular flexibility index (Phi) is 6.83. The minimum atomic E-state index is -2.93. The number of amides is 1. The minimum Gasteiger partial charge on any atom is -0.433 e. The van der Waals surface area contributed by atoms with Crippen molar-refractivity contribution in [1.82, 2.24) is 10.6 Å². The Morgan fingerprint density at radius 1 is 1.57 bits per heavy atom. The van der Waals surface area contributed by atoms with E-state index >= 15 is 0 Å². The molecule has 8 heteroatoms. The molecule has 2 heterocycles. The molecule has 4 nitrogen and oxygen atoms in total. The van der Waals surface area contributed by atoms with Crippen molar-refractivity contribution in [3.05, 3.63) is 15.8 Å². The molecule has 0 aromatic carbocycles. The van der Waals surface area contributed by atoms with Gasteiger partial charge in [0, 0.05) is 17.5 Å². The monoisotopic (exact) mass is 340 g/mol. The van der Waals surface area contributed by atoms with Crippen molar-refractivity contribution in [2.24, 2.45) is 5.92 Å². The summed E-state index contributed by atoms with van der Waals surface area (Å²) in [5.74, 6) is -0.0311. The van der Waals surface area contributed by atoms with E-state index in [1.807, 2.05) is 0 Å². The Morgan fingerprint density at radius 2 is 2.29 bits per heavy atom. The average Bonchev–Trinajstić information content (AvgIpc) is 2.72. The molecule has 1 aromatic heterocycles. The summed E-state index contributed by atoms with van der Waals surface area (Å²) in [6.07, 6.45) is 0.981. The number of alkyl halides is 2. The van der Waals surface area contributed by atoms with Gasteiger partial charge in [-0.3, -0.25) is 4.79 Å². The molecule has 21 heavy (non-hydrogen) atoms. The Bertz CT molecular complexity index is 485. The minimum absolute atomic E-state index is 0. The Hall–Kier alpha value is -0.920. The first-order chi connectivity index (χ1) is 9.47. The molecule has 120 valence electrons. The highest BCUT2D eigenvalue weighted by molar-refractivity contribution is 7.14. The van der Waals surface area contributed by atoms with Gasteiger partial charge in [-0.1, -0.05) is 6.92 Å². The number of thiophene rings is 1. The van der Waals surface area contributed by atoms with Crippen LogP contribution < -0.4 is 15.4 Å². The van der Waals surface area contributed by atoms with Crippen LogP contribution in [0.5, 0.6) is 5.75 Å². The maximum absolute atomic E-state index is 12.3. The van der Waals surface area contributed by atoms with Crippen LogP contribution in [-0.2, 0) is 0 Å². The molecule has 1 saturated heterocycles. The van der Waals surface area contributed by atoms with Gasteiger partial charge < -0.3 is 15.4 Å². The number of carbonyl (C=O) groups is 1. The number of aryl methyl sites for hydroxylation is 1. The maximum Gasteiger partial charge on any atom is 0.387 e. The van der Waals surface area contributed by atoms with Crippen LogP contribution >= 0.6 is 23.7 Å². The fourth-order valence-electron chi connectivity index (χ4n) is 2.25. The number of hydrogen-bond donors (Lipinski definition) is 2. The van der Waals surface area contributed by atoms with Crippen LogP contribution in [0.25, 0.3) is 0 Å². The summed E-state index contributed by atoms with van der Waals surface area (Å²) < 4.78 is 29.1. The summed E-state index contributed by atoms with van der Waals surface area (Å²) in [6.45, 7) is 2.53. The highest BCUT2D eigenvalue weighted by atomic mass is 35.5. The highest BCUT2D eigenvalue weighted by Crippen LogP contribution is 2.30. The number of ether oxygens (including phenoxy) is 1. The van der Waals surface area contributed by atoms with Gasteiger partial charge in [0.15, 0.2) is 0 Å². The second kappa shape index (κ2) is 7.91. The van der Waals surface area contributed by atoms with E-state index in [9.17, 15) is 13.6 Å². The predicted molar refractivity (Wildman–Crippen MR) is 80.8 cm³/mol. The Balaban J connectivity index is 0.00000220. The molecule has 1 amide bonds. The van der Waals surface area contributed by atoms with Crippen LogP contribution in [0.3, 0.4) is 0 Å². The fourth-order valence-corrected chi connectivity index (χ4v) is 3.10. The first kappa shape index (κ1) is 18.1. The lowest BCUT2D eigenvalue weighted by Crippen LogP contribution is -2.50. The lowest BCUT2D eigenvalue weighted by Gasteiger charge is -2.30. The molecule has 1 aliphatic rings. The van der Waals surface area contributed by atoms with Crippen LogP contribution in [0.1, 0.15) is 27.9 Å². The molecule has 2 N–H and O–H groups in total. The van der Waals surface area contributed by atoms with E-state index in [1.54, 1.807) is 6.92 Å². The molecule has 1 aromatic rings. The zero-order chi connectivity index (χ0) is 14.7. The Labute approximate surface area is 132 Å². The first-order valence-electron chi connectivity index (χ1n) is 6.54. The number of carbonyl (C=O) groups excluding carboxylic acids is 1. The van der Waals surface area contributed by atoms with Crippen molar-refractivity contribution in [3.63, 3.8) is 0 Å². The van der Waals surface area contributed by atoms with Gasteiger partial charge in [-0.25, -0.2) is 0 Å². The van der Waals surface area contributed by atoms with Gasteiger partial charge in [-0.05, 0) is 31.9 Å². The van der Waals surface area contributed by atoms with E-state index in [4.69, 9.17) is 0 Å². The Morgan fingerprint density at radius 3 is 2.90 bits per heavy atom. The summed E-state index contributed by atoms with van der Waals surface area (Å²) in [5, 5.41) is 6.11. The van der Waals surface area contributed by atoms with Gasteiger partial charge in [0.25, 0.3) is 5.91 Å². The van der Waals surface area contributed by atoms with Crippen molar-refractivity contribution >= 4 is 29.7 Å². The molecule has 0 bridgehead atoms. The van der Waals surface area contributed by atoms with E-state index < -0.39 is 6.61 Å². The largest absolute Gasteiger partial charge is 0.433 e. The molecular formula is C13H19ClF2N2O2S. The second-order valence-corrected chi connectivity index (χ2v) is 6.24. The van der Waals surface area contributed by atoms with Crippen LogP contribution in [0, 0.1) is 12.8 Å². The summed E-state index contributed by atoms with van der Waals surface area (Å²) in [7, 11) is 0. The second-order valence-electron chi connectivity index (χ2n) is 4.98. The third-order valence-electron chi connectivity index (χ3n) is 3.39. The topological polar surface area (TPSA) is 50.4 Å². The van der Waals surface area contributed by atoms with Crippen molar-refractivity contribution in [2.45, 2.75) is 32.9 Å². The van der Waals surface area contributed by atoms with Crippen molar-refractivity contribution in [1.29, 1.82) is 0 Å². The molecule has 2 atom stereocenters. The van der Waals surface area contributed by atoms with Crippen molar-refractivity contribution < 1.29 is 18.3 Å². The molecule has 0 saturated carbocycles. The lowest BCUT2D eigenvalue weighted by atomic mass is 9.95. The summed E-state index contributed by atoms with van der Waals surface area (Å²) in [4.78, 5) is 13.2. The molecule has 1 aliphatic heterocycles. The van der Waals surface area contributed by atoms with E-state index in [0.29, 0.717) is 12.5 Å². The van der Waals surface area contributed by atoms with Crippen LogP contribution in [0.15, 0.2) is 6.07 Å². The lowest BCUT2D eigenvalue weighted by molar-refractivity contribution is -0.0498. The smallest absolute Gasteiger partial charge is 0.387 e. The average molecular weight is 341 g/mol. The molecule has 0 spiro atoms. The molecule has 1 fully saturated rings. The summed E-state index contributed by atoms with van der Waals surface area (Å²) >= 11 is 1.16. The van der Waals surface area contributed by atoms with Crippen LogP contribution in [-0.4, -0.2) is 31.7 Å². The van der Waals surface area contributed by atoms with Gasteiger partial charge in [0.05, 0.1) is 0 Å². The number of nitrogens with one attached hydrogen (secondary N) is 2. The normalized spacial score (nSPS) is 21.8. The zero-order valence-corrected chi connectivity index (χ0v) is 13.5. The van der Waals surface area contributed by atoms with Gasteiger partial charge >= 0.3 is 6.61 Å². The standard InChI is InChI=1S/C13H18F2N2O2S.ClH/c1-7-3-4-16-6-9(7)17-12(18)11-10(19-13(14)15)5-8(2)20-11;/h5,7,9,13,16H,3-4,6H2,1-2H3,(H,17,18);1H. The quantitative estimate of drug-likeness (QED) is 0.886. The predicted octanol–water partition coefficient (Wildman–Crippen LogP) is 2.81. The van der Waals surface area contributed by atoms with E-state index in [-0.39, 0.29) is 35.0 Å². The number of piperidine rings is 1. The number of halogens is 3. The maximum atomic E-state index is 12.3. The number of hydrogen-bond acceptors (Lipinski definition) is 4. The highest BCUT2D eigenvalue weighted by Gasteiger charge is 2.26. The molecule has 2 rings (SSSR count). The van der Waals surface area contributed by atoms with Crippen LogP contribution in [0.2, 0.25) is 0 Å². The van der Waals surface area contributed by atoms with Gasteiger partial charge in [-0.15, -0.1) is 23.7 Å². The molecule has 0 radical (unpaired) electrons. The van der Waals surface area contributed by atoms with E-state index in [2.05, 4.69) is 22.3 Å². The van der Waals surface area contributed by atoms with E-state index in [1.165, 1.54) is 6.07 Å². The van der Waals surface area contributed by atoms with Crippen LogP contribution in [0.4, 0.5) is 8.78 Å². The van der Waals surface area contributed by atoms with E-state index in [0.717, 1.165) is 29.2 Å². The molecule has 0 aliphatic carbocycles. The molecule has 2 unspecified atom stereocenters. The summed E-state index contributed by atoms with van der Waals surface area (Å²) in [6, 6.07) is 1.48. The van der Waals surface area contributed by atoms with Gasteiger partial charge in [0.1, 0.15) is 10.6 Å².